The summed E-state index contributed by atoms with van der Waals surface area (Å²) in [6.07, 6.45) is 9.08. The van der Waals surface area contributed by atoms with Crippen molar-refractivity contribution in [2.24, 2.45) is 0 Å². The molecule has 1 heterocycles. The molecule has 0 N–H and O–H groups in total. The molecule has 0 bridgehead atoms. The van der Waals surface area contributed by atoms with E-state index in [2.05, 4.69) is 12.0 Å². The molecule has 1 fully saturated rings. The molecule has 0 atom stereocenters. The minimum Gasteiger partial charge on any atom is -0.493 e. The molecule has 20 heavy (non-hydrogen) atoms. The lowest BCUT2D eigenvalue weighted by Crippen LogP contribution is -2.16. The molecule has 5 heteroatoms. The van der Waals surface area contributed by atoms with Crippen molar-refractivity contribution in [3.8, 4) is 5.75 Å². The average molecular weight is 296 g/mol. The Labute approximate surface area is 125 Å². The normalized spacial score (nSPS) is 16.3. The van der Waals surface area contributed by atoms with Gasteiger partial charge in [-0.3, -0.25) is 9.48 Å². The lowest BCUT2D eigenvalue weighted by atomic mass is 10.0. The van der Waals surface area contributed by atoms with Crippen LogP contribution in [0.2, 0.25) is 0 Å². The number of methoxy groups -OCH3 is 1. The molecule has 1 saturated carbocycles. The number of hydrogen-bond donors (Lipinski definition) is 0. The lowest BCUT2D eigenvalue weighted by Gasteiger charge is -2.20. The van der Waals surface area contributed by atoms with E-state index in [0.29, 0.717) is 22.4 Å². The van der Waals surface area contributed by atoms with Crippen LogP contribution in [0.4, 0.5) is 0 Å². The van der Waals surface area contributed by atoms with E-state index in [1.54, 1.807) is 29.8 Å². The van der Waals surface area contributed by atoms with Gasteiger partial charge in [0.05, 0.1) is 19.1 Å². The second-order valence-corrected chi connectivity index (χ2v) is 6.57. The minimum absolute atomic E-state index is 0.142. The Morgan fingerprint density at radius 2 is 2.20 bits per heavy atom. The first-order valence-corrected chi connectivity index (χ1v) is 8.55. The monoisotopic (exact) mass is 296 g/mol. The Morgan fingerprint density at radius 3 is 2.85 bits per heavy atom. The number of ketones is 1. The SMILES string of the molecule is CCCn1ncc(OC)c1C(=O)CSC1CCCCC1. The standard InChI is InChI=1S/C15H24N2O2S/c1-3-9-17-15(14(19-2)10-16-17)13(18)11-20-12-7-5-4-6-8-12/h10,12H,3-9,11H2,1-2H3. The van der Waals surface area contributed by atoms with E-state index in [1.165, 1.54) is 32.1 Å². The van der Waals surface area contributed by atoms with Crippen molar-refractivity contribution in [2.45, 2.75) is 57.2 Å². The number of ether oxygens (including phenoxy) is 1. The summed E-state index contributed by atoms with van der Waals surface area (Å²) in [5.74, 6) is 1.28. The number of rotatable bonds is 7. The number of aryl methyl sites for hydroxylation is 1. The van der Waals surface area contributed by atoms with Crippen molar-refractivity contribution >= 4 is 17.5 Å². The van der Waals surface area contributed by atoms with Gasteiger partial charge in [0.2, 0.25) is 0 Å². The van der Waals surface area contributed by atoms with Gasteiger partial charge in [-0.05, 0) is 19.3 Å². The molecule has 2 rings (SSSR count). The molecule has 1 aromatic rings. The van der Waals surface area contributed by atoms with Crippen LogP contribution in [0.25, 0.3) is 0 Å². The summed E-state index contributed by atoms with van der Waals surface area (Å²) in [7, 11) is 1.60. The van der Waals surface area contributed by atoms with E-state index >= 15 is 0 Å². The third-order valence-corrected chi connectivity index (χ3v) is 5.10. The second-order valence-electron chi connectivity index (χ2n) is 5.28. The molecule has 0 aliphatic heterocycles. The Morgan fingerprint density at radius 1 is 1.45 bits per heavy atom. The Hall–Kier alpha value is -0.970. The van der Waals surface area contributed by atoms with Gasteiger partial charge in [-0.15, -0.1) is 0 Å². The molecule has 4 nitrogen and oxygen atoms in total. The van der Waals surface area contributed by atoms with Crippen LogP contribution in [0.5, 0.6) is 5.75 Å². The highest BCUT2D eigenvalue weighted by Crippen LogP contribution is 2.29. The molecular formula is C15H24N2O2S. The van der Waals surface area contributed by atoms with Crippen LogP contribution in [-0.2, 0) is 6.54 Å². The zero-order valence-corrected chi connectivity index (χ0v) is 13.2. The number of carbonyl (C=O) groups excluding carboxylic acids is 1. The van der Waals surface area contributed by atoms with Crippen molar-refractivity contribution in [3.63, 3.8) is 0 Å². The molecule has 0 aromatic carbocycles. The van der Waals surface area contributed by atoms with Crippen LogP contribution in [0.3, 0.4) is 0 Å². The minimum atomic E-state index is 0.142. The lowest BCUT2D eigenvalue weighted by molar-refractivity contribution is 0.100. The molecule has 0 unspecified atom stereocenters. The average Bonchev–Trinajstić information content (AvgIpc) is 2.89. The zero-order chi connectivity index (χ0) is 14.4. The summed E-state index contributed by atoms with van der Waals surface area (Å²) in [5, 5.41) is 4.91. The van der Waals surface area contributed by atoms with Gasteiger partial charge in [-0.1, -0.05) is 26.2 Å². The summed E-state index contributed by atoms with van der Waals surface area (Å²) in [4.78, 5) is 12.5. The molecule has 0 spiro atoms. The van der Waals surface area contributed by atoms with Gasteiger partial charge in [-0.25, -0.2) is 0 Å². The first-order valence-electron chi connectivity index (χ1n) is 7.50. The van der Waals surface area contributed by atoms with Gasteiger partial charge in [0.25, 0.3) is 0 Å². The largest absolute Gasteiger partial charge is 0.493 e. The van der Waals surface area contributed by atoms with Crippen LogP contribution in [-0.4, -0.2) is 33.7 Å². The molecule has 1 aromatic heterocycles. The van der Waals surface area contributed by atoms with Gasteiger partial charge in [0.15, 0.2) is 11.5 Å². The maximum absolute atomic E-state index is 12.5. The fourth-order valence-corrected chi connectivity index (χ4v) is 3.86. The van der Waals surface area contributed by atoms with Crippen LogP contribution < -0.4 is 4.74 Å². The molecular weight excluding hydrogens is 272 g/mol. The number of aromatic nitrogens is 2. The highest BCUT2D eigenvalue weighted by atomic mass is 32.2. The number of Topliss-reactive ketones (excluding diaryl/α,β-unsaturated/α-hetero) is 1. The fraction of sp³-hybridized carbons (Fsp3) is 0.733. The van der Waals surface area contributed by atoms with Crippen LogP contribution in [0, 0.1) is 0 Å². The molecule has 0 saturated heterocycles. The van der Waals surface area contributed by atoms with Crippen LogP contribution >= 0.6 is 11.8 Å². The summed E-state index contributed by atoms with van der Waals surface area (Å²) in [6, 6.07) is 0. The molecule has 1 aliphatic carbocycles. The third-order valence-electron chi connectivity index (χ3n) is 3.73. The maximum atomic E-state index is 12.5. The van der Waals surface area contributed by atoms with Crippen molar-refractivity contribution in [1.29, 1.82) is 0 Å². The summed E-state index contributed by atoms with van der Waals surface area (Å²) >= 11 is 1.80. The van der Waals surface area contributed by atoms with Crippen molar-refractivity contribution < 1.29 is 9.53 Å². The third kappa shape index (κ3) is 3.78. The Balaban J connectivity index is 1.98. The maximum Gasteiger partial charge on any atom is 0.194 e. The van der Waals surface area contributed by atoms with E-state index in [1.807, 2.05) is 0 Å². The van der Waals surface area contributed by atoms with E-state index in [-0.39, 0.29) is 5.78 Å². The van der Waals surface area contributed by atoms with Crippen molar-refractivity contribution in [2.75, 3.05) is 12.9 Å². The summed E-state index contributed by atoms with van der Waals surface area (Å²) in [6.45, 7) is 2.84. The highest BCUT2D eigenvalue weighted by molar-refractivity contribution is 8.00. The quantitative estimate of drug-likeness (QED) is 0.722. The van der Waals surface area contributed by atoms with E-state index in [4.69, 9.17) is 4.74 Å². The first-order chi connectivity index (χ1) is 9.76. The first kappa shape index (κ1) is 15.4. The molecule has 0 radical (unpaired) electrons. The number of nitrogens with zero attached hydrogens (tertiary/aromatic N) is 2. The van der Waals surface area contributed by atoms with Crippen LogP contribution in [0.15, 0.2) is 6.20 Å². The van der Waals surface area contributed by atoms with Gasteiger partial charge in [0, 0.05) is 11.8 Å². The van der Waals surface area contributed by atoms with Gasteiger partial charge in [0.1, 0.15) is 5.69 Å². The van der Waals surface area contributed by atoms with Gasteiger partial charge in [-0.2, -0.15) is 16.9 Å². The highest BCUT2D eigenvalue weighted by Gasteiger charge is 2.21. The predicted octanol–water partition coefficient (Wildman–Crippen LogP) is 3.55. The summed E-state index contributed by atoms with van der Waals surface area (Å²) < 4.78 is 7.05. The number of hydrogen-bond acceptors (Lipinski definition) is 4. The fourth-order valence-electron chi connectivity index (χ4n) is 2.67. The molecule has 112 valence electrons. The molecule has 1 aliphatic rings. The van der Waals surface area contributed by atoms with E-state index in [0.717, 1.165) is 13.0 Å². The number of carbonyl (C=O) groups is 1. The Kier molecular flexibility index (Phi) is 5.95. The number of thioether (sulfide) groups is 1. The predicted molar refractivity (Wildman–Crippen MR) is 82.7 cm³/mol. The van der Waals surface area contributed by atoms with Gasteiger partial charge >= 0.3 is 0 Å². The van der Waals surface area contributed by atoms with Gasteiger partial charge < -0.3 is 4.74 Å². The van der Waals surface area contributed by atoms with E-state index < -0.39 is 0 Å². The Bertz CT molecular complexity index is 439. The van der Waals surface area contributed by atoms with Crippen LogP contribution in [0.1, 0.15) is 55.9 Å². The summed E-state index contributed by atoms with van der Waals surface area (Å²) in [5.41, 5.74) is 0.637. The zero-order valence-electron chi connectivity index (χ0n) is 12.4. The van der Waals surface area contributed by atoms with Crippen molar-refractivity contribution in [1.82, 2.24) is 9.78 Å². The smallest absolute Gasteiger partial charge is 0.194 e. The van der Waals surface area contributed by atoms with E-state index in [9.17, 15) is 4.79 Å². The topological polar surface area (TPSA) is 44.1 Å². The second kappa shape index (κ2) is 7.72. The van der Waals surface area contributed by atoms with Crippen molar-refractivity contribution in [3.05, 3.63) is 11.9 Å². The molecule has 0 amide bonds.